The summed E-state index contributed by atoms with van der Waals surface area (Å²) in [5, 5.41) is 53.0. The molecule has 0 bridgehead atoms. The molecule has 0 radical (unpaired) electrons. The van der Waals surface area contributed by atoms with Crippen LogP contribution in [-0.4, -0.2) is 143 Å². The van der Waals surface area contributed by atoms with Gasteiger partial charge in [-0.15, -0.1) is 0 Å². The van der Waals surface area contributed by atoms with Crippen LogP contribution in [-0.2, 0) is 56.0 Å². The maximum atomic E-state index is 14.6. The molecule has 8 atom stereocenters. The van der Waals surface area contributed by atoms with Crippen LogP contribution in [0.25, 0.3) is 10.9 Å². The Morgan fingerprint density at radius 1 is 0.787 bits per heavy atom. The number of benzene rings is 2. The molecule has 1 fully saturated rings. The van der Waals surface area contributed by atoms with Gasteiger partial charge >= 0.3 is 0 Å². The Balaban J connectivity index is 1.77. The van der Waals surface area contributed by atoms with E-state index in [4.69, 9.17) is 39.6 Å². The maximum Gasteiger partial charge on any atom is 0.245 e. The normalized spacial score (nSPS) is 21.5. The highest BCUT2D eigenvalue weighted by Crippen LogP contribution is 2.20. The molecule has 1 aromatic heterocycles. The smallest absolute Gasteiger partial charge is 0.245 e. The monoisotopic (exact) mass is 1060 g/mol. The van der Waals surface area contributed by atoms with Crippen LogP contribution in [0.2, 0.25) is 5.02 Å². The molecule has 4 rings (SSSR count). The van der Waals surface area contributed by atoms with Crippen LogP contribution in [0.4, 0.5) is 0 Å². The lowest BCUT2D eigenvalue weighted by Crippen LogP contribution is -2.62. The van der Waals surface area contributed by atoms with E-state index in [9.17, 15) is 48.3 Å². The molecule has 0 saturated carbocycles. The van der Waals surface area contributed by atoms with Gasteiger partial charge in [0.25, 0.3) is 0 Å². The van der Waals surface area contributed by atoms with Crippen molar-refractivity contribution in [3.05, 3.63) is 70.9 Å². The number of amides is 9. The van der Waals surface area contributed by atoms with Gasteiger partial charge in [0, 0.05) is 67.9 Å². The van der Waals surface area contributed by atoms with E-state index in [0.717, 1.165) is 10.9 Å². The Hall–Kier alpha value is -8.00. The minimum Gasteiger partial charge on any atom is -0.391 e. The number of guanidine groups is 2. The summed E-state index contributed by atoms with van der Waals surface area (Å²) in [5.74, 6) is -8.34. The molecule has 20 N–H and O–H groups in total. The minimum absolute atomic E-state index is 0.0185. The van der Waals surface area contributed by atoms with Crippen LogP contribution in [0.5, 0.6) is 0 Å². The molecule has 1 unspecified atom stereocenters. The van der Waals surface area contributed by atoms with E-state index in [1.807, 2.05) is 18.2 Å². The second-order valence-electron chi connectivity index (χ2n) is 18.1. The second-order valence-corrected chi connectivity index (χ2v) is 18.5. The third-order valence-electron chi connectivity index (χ3n) is 12.0. The predicted molar refractivity (Wildman–Crippen MR) is 277 cm³/mol. The van der Waals surface area contributed by atoms with Gasteiger partial charge in [-0.25, -0.2) is 0 Å². The van der Waals surface area contributed by atoms with E-state index >= 15 is 0 Å². The number of carbonyl (C=O) groups excluding carboxylic acids is 9. The highest BCUT2D eigenvalue weighted by atomic mass is 35.5. The number of fused-ring (bicyclic) bond motifs is 1. The number of hydrogen-bond acceptors (Lipinski definition) is 12. The number of aliphatic hydroxyl groups is 1. The van der Waals surface area contributed by atoms with Crippen molar-refractivity contribution in [3.8, 4) is 0 Å². The number of halogens is 1. The number of para-hydroxylation sites is 1. The highest BCUT2D eigenvalue weighted by molar-refractivity contribution is 6.30. The van der Waals surface area contributed by atoms with Crippen molar-refractivity contribution >= 4 is 87.6 Å². The van der Waals surface area contributed by atoms with Crippen molar-refractivity contribution in [2.75, 3.05) is 19.6 Å². The fourth-order valence-electron chi connectivity index (χ4n) is 8.14. The van der Waals surface area contributed by atoms with Crippen LogP contribution < -0.4 is 70.4 Å². The number of aliphatic hydroxyl groups excluding tert-OH is 1. The highest BCUT2D eigenvalue weighted by Gasteiger charge is 2.36. The molecule has 0 spiro atoms. The molecule has 0 aliphatic carbocycles. The SMILES string of the molecule is CC(=O)N[C@@H](CCCNC(=N)N)C(=O)N[C@H]1CCC(=O)NCCC[C@@H](C(N)=O)NC(=O)[C@H](Cc2c[nH]c3ccccc23)NC(=O)[C@H](CCCNC(=N)N)NC(=O)[C@@H](Cc2cccc(Cl)c2)NC(=O)C([C@@H](C)O)NC1=O. The van der Waals surface area contributed by atoms with Gasteiger partial charge in [-0.2, -0.15) is 0 Å². The average molecular weight is 1070 g/mol. The Morgan fingerprint density at radius 3 is 2.09 bits per heavy atom. The van der Waals surface area contributed by atoms with Gasteiger partial charge in [0.2, 0.25) is 53.2 Å². The van der Waals surface area contributed by atoms with Crippen molar-refractivity contribution < 1.29 is 48.3 Å². The van der Waals surface area contributed by atoms with Gasteiger partial charge in [-0.05, 0) is 81.2 Å². The van der Waals surface area contributed by atoms with Gasteiger partial charge in [-0.3, -0.25) is 54.0 Å². The summed E-state index contributed by atoms with van der Waals surface area (Å²) >= 11 is 6.31. The topological polar surface area (TPSA) is 436 Å². The zero-order valence-electron chi connectivity index (χ0n) is 41.7. The third kappa shape index (κ3) is 20.1. The second kappa shape index (κ2) is 29.6. The number of H-pyrrole nitrogens is 1. The lowest BCUT2D eigenvalue weighted by molar-refractivity contribution is -0.137. The van der Waals surface area contributed by atoms with Crippen LogP contribution in [0.1, 0.15) is 76.3 Å². The first-order valence-corrected chi connectivity index (χ1v) is 24.8. The van der Waals surface area contributed by atoms with Gasteiger partial charge in [0.15, 0.2) is 11.9 Å². The summed E-state index contributed by atoms with van der Waals surface area (Å²) in [6, 6.07) is 3.33. The fourth-order valence-corrected chi connectivity index (χ4v) is 8.35. The first kappa shape index (κ1) is 59.6. The minimum atomic E-state index is -1.80. The molecule has 1 aliphatic heterocycles. The number of primary amides is 1. The molecule has 408 valence electrons. The van der Waals surface area contributed by atoms with Crippen LogP contribution in [0.15, 0.2) is 54.7 Å². The van der Waals surface area contributed by atoms with Crippen LogP contribution >= 0.6 is 11.6 Å². The van der Waals surface area contributed by atoms with Crippen LogP contribution in [0.3, 0.4) is 0 Å². The van der Waals surface area contributed by atoms with Crippen molar-refractivity contribution in [1.82, 2.24) is 58.2 Å². The fraction of sp³-hybridized carbons (Fsp3) is 0.479. The van der Waals surface area contributed by atoms with E-state index in [0.29, 0.717) is 11.1 Å². The Bertz CT molecular complexity index is 2540. The molecule has 9 amide bonds. The molecule has 26 nitrogen and oxygen atoms in total. The van der Waals surface area contributed by atoms with Gasteiger partial charge in [-0.1, -0.05) is 41.9 Å². The van der Waals surface area contributed by atoms with Gasteiger partial charge in [0.05, 0.1) is 6.10 Å². The van der Waals surface area contributed by atoms with E-state index in [1.54, 1.807) is 30.5 Å². The lowest BCUT2D eigenvalue weighted by Gasteiger charge is -2.29. The molecular weight excluding hydrogens is 996 g/mol. The zero-order chi connectivity index (χ0) is 55.2. The molecule has 1 aliphatic rings. The van der Waals surface area contributed by atoms with E-state index in [-0.39, 0.29) is 94.4 Å². The Kier molecular flexibility index (Phi) is 23.5. The van der Waals surface area contributed by atoms with Crippen molar-refractivity contribution in [2.45, 2.75) is 126 Å². The predicted octanol–water partition coefficient (Wildman–Crippen LogP) is -2.90. The molecule has 27 heteroatoms. The number of nitrogens with one attached hydrogen (secondary N) is 13. The van der Waals surface area contributed by atoms with Crippen molar-refractivity contribution in [3.63, 3.8) is 0 Å². The molecule has 2 aromatic carbocycles. The Morgan fingerprint density at radius 2 is 1.43 bits per heavy atom. The molecule has 75 heavy (non-hydrogen) atoms. The lowest BCUT2D eigenvalue weighted by atomic mass is 10.0. The number of aromatic amines is 1. The summed E-state index contributed by atoms with van der Waals surface area (Å²) in [7, 11) is 0. The molecule has 2 heterocycles. The van der Waals surface area contributed by atoms with Gasteiger partial charge in [0.1, 0.15) is 42.3 Å². The molecular formula is C48H69ClN16O10. The van der Waals surface area contributed by atoms with Crippen molar-refractivity contribution in [2.24, 2.45) is 17.2 Å². The summed E-state index contributed by atoms with van der Waals surface area (Å²) < 4.78 is 0. The van der Waals surface area contributed by atoms with E-state index in [1.165, 1.54) is 19.9 Å². The number of hydrogen-bond donors (Lipinski definition) is 17. The molecule has 3 aromatic rings. The summed E-state index contributed by atoms with van der Waals surface area (Å²) in [5.41, 5.74) is 18.4. The van der Waals surface area contributed by atoms with Crippen LogP contribution in [0, 0.1) is 10.8 Å². The van der Waals surface area contributed by atoms with E-state index in [2.05, 4.69) is 58.2 Å². The summed E-state index contributed by atoms with van der Waals surface area (Å²) in [4.78, 5) is 127. The molecule has 1 saturated heterocycles. The van der Waals surface area contributed by atoms with Crippen molar-refractivity contribution in [1.29, 1.82) is 10.8 Å². The quantitative estimate of drug-likeness (QED) is 0.0367. The maximum absolute atomic E-state index is 14.6. The average Bonchev–Trinajstić information content (AvgIpc) is 3.75. The Labute approximate surface area is 437 Å². The third-order valence-corrected chi connectivity index (χ3v) is 12.2. The number of rotatable bonds is 17. The largest absolute Gasteiger partial charge is 0.391 e. The standard InChI is InChI=1S/C48H69ClN16O10/c1-25(66)39-46(75)64-36(22-27-9-5-10-29(49)21-27)44(73)61-34(15-8-20-57-48(53)54)42(71)63-37(23-28-24-58-31-12-4-3-11-30(28)31)45(74)60-32(40(50)69)13-6-18-55-38(68)17-16-35(43(72)65-39)62-41(70)33(59-26(2)67)14-7-19-56-47(51)52/h3-5,9-12,21,24-25,32-37,39,58,66H,6-8,13-20,22-23H2,1-2H3,(H2,50,69)(H,55,68)(H,59,67)(H,60,74)(H,61,73)(H,62,70)(H,63,71)(H,64,75)(H,65,72)(H4,51,52,56)(H4,53,54,57)/t25-,32+,33+,34+,35+,36-,37+,39?/m1/s1. The van der Waals surface area contributed by atoms with E-state index < -0.39 is 108 Å². The number of aromatic nitrogens is 1. The zero-order valence-corrected chi connectivity index (χ0v) is 42.5. The summed E-state index contributed by atoms with van der Waals surface area (Å²) in [6.07, 6.45) is -0.791. The number of carbonyl (C=O) groups is 9. The first-order valence-electron chi connectivity index (χ1n) is 24.4. The van der Waals surface area contributed by atoms with Gasteiger partial charge < -0.3 is 80.5 Å². The summed E-state index contributed by atoms with van der Waals surface area (Å²) in [6.45, 7) is 2.56. The number of nitrogens with two attached hydrogens (primary N) is 3. The first-order chi connectivity index (χ1) is 35.6.